The number of aliphatic hydroxyl groups is 2. The Bertz CT molecular complexity index is 320. The van der Waals surface area contributed by atoms with Crippen LogP contribution in [0.25, 0.3) is 0 Å². The van der Waals surface area contributed by atoms with E-state index < -0.39 is 18.6 Å². The summed E-state index contributed by atoms with van der Waals surface area (Å²) in [7, 11) is 0. The highest BCUT2D eigenvalue weighted by molar-refractivity contribution is 6.18. The minimum absolute atomic E-state index is 0.153. The monoisotopic (exact) mass is 236 g/mol. The van der Waals surface area contributed by atoms with Crippen molar-refractivity contribution in [3.8, 4) is 0 Å². The molecule has 2 N–H and O–H groups in total. The van der Waals surface area contributed by atoms with Crippen molar-refractivity contribution in [3.63, 3.8) is 0 Å². The molecule has 1 aromatic rings. The van der Waals surface area contributed by atoms with Gasteiger partial charge in [0.15, 0.2) is 0 Å². The second-order valence-corrected chi connectivity index (χ2v) is 3.45. The summed E-state index contributed by atoms with van der Waals surface area (Å²) in [6, 6.07) is 5.28. The molecule has 0 saturated carbocycles. The van der Waals surface area contributed by atoms with E-state index in [1.165, 1.54) is 18.2 Å². The fourth-order valence-electron chi connectivity index (χ4n) is 1.19. The molecule has 0 aliphatic rings. The fraction of sp³-hybridized carbons (Fsp3) is 0.400. The van der Waals surface area contributed by atoms with E-state index in [4.69, 9.17) is 11.6 Å². The molecule has 1 aromatic carbocycles. The molecule has 0 aliphatic carbocycles. The van der Waals surface area contributed by atoms with Gasteiger partial charge in [-0.1, -0.05) is 18.2 Å². The van der Waals surface area contributed by atoms with Crippen LogP contribution in [0, 0.1) is 0 Å². The third-order valence-corrected chi connectivity index (χ3v) is 2.34. The van der Waals surface area contributed by atoms with Crippen molar-refractivity contribution in [2.24, 2.45) is 0 Å². The highest BCUT2D eigenvalue weighted by Gasteiger charge is 2.18. The SMILES string of the molecule is OC(CCl)C(O)c1cccc(C(F)F)c1. The molecule has 0 aromatic heterocycles. The number of hydrogen-bond donors (Lipinski definition) is 2. The van der Waals surface area contributed by atoms with Crippen LogP contribution in [0.2, 0.25) is 0 Å². The van der Waals surface area contributed by atoms with Crippen LogP contribution in [-0.2, 0) is 0 Å². The summed E-state index contributed by atoms with van der Waals surface area (Å²) < 4.78 is 24.6. The van der Waals surface area contributed by atoms with Gasteiger partial charge in [-0.05, 0) is 11.6 Å². The largest absolute Gasteiger partial charge is 0.389 e. The zero-order valence-corrected chi connectivity index (χ0v) is 8.53. The Morgan fingerprint density at radius 3 is 2.33 bits per heavy atom. The number of halogens is 3. The molecular weight excluding hydrogens is 226 g/mol. The van der Waals surface area contributed by atoms with Crippen LogP contribution in [0.5, 0.6) is 0 Å². The standard InChI is InChI=1S/C10H11ClF2O2/c11-5-8(14)9(15)6-2-1-3-7(4-6)10(12)13/h1-4,8-10,14-15H,5H2. The van der Waals surface area contributed by atoms with E-state index in [0.29, 0.717) is 0 Å². The maximum Gasteiger partial charge on any atom is 0.263 e. The van der Waals surface area contributed by atoms with Gasteiger partial charge in [-0.2, -0.15) is 0 Å². The van der Waals surface area contributed by atoms with Gasteiger partial charge >= 0.3 is 0 Å². The number of rotatable bonds is 4. The normalized spacial score (nSPS) is 15.3. The van der Waals surface area contributed by atoms with Gasteiger partial charge in [0, 0.05) is 5.56 Å². The van der Waals surface area contributed by atoms with Gasteiger partial charge in [-0.15, -0.1) is 11.6 Å². The Hall–Kier alpha value is -0.710. The van der Waals surface area contributed by atoms with E-state index in [-0.39, 0.29) is 17.0 Å². The molecule has 0 radical (unpaired) electrons. The first-order valence-electron chi connectivity index (χ1n) is 4.36. The van der Waals surface area contributed by atoms with E-state index in [2.05, 4.69) is 0 Å². The lowest BCUT2D eigenvalue weighted by molar-refractivity contribution is 0.0324. The van der Waals surface area contributed by atoms with Crippen LogP contribution in [0.4, 0.5) is 8.78 Å². The van der Waals surface area contributed by atoms with Crippen LogP contribution in [-0.4, -0.2) is 22.2 Å². The summed E-state index contributed by atoms with van der Waals surface area (Å²) in [5.74, 6) is -0.153. The molecule has 2 atom stereocenters. The van der Waals surface area contributed by atoms with Gasteiger partial charge in [0.2, 0.25) is 0 Å². The predicted molar refractivity (Wildman–Crippen MR) is 53.1 cm³/mol. The highest BCUT2D eigenvalue weighted by Crippen LogP contribution is 2.24. The van der Waals surface area contributed by atoms with Crippen molar-refractivity contribution in [1.82, 2.24) is 0 Å². The molecular formula is C10H11ClF2O2. The molecule has 15 heavy (non-hydrogen) atoms. The van der Waals surface area contributed by atoms with E-state index in [0.717, 1.165) is 6.07 Å². The second kappa shape index (κ2) is 5.39. The molecule has 0 amide bonds. The predicted octanol–water partition coefficient (Wildman–Crippen LogP) is 2.26. The van der Waals surface area contributed by atoms with Crippen LogP contribution in [0.1, 0.15) is 23.7 Å². The van der Waals surface area contributed by atoms with E-state index >= 15 is 0 Å². The van der Waals surface area contributed by atoms with Gasteiger partial charge in [-0.3, -0.25) is 0 Å². The van der Waals surface area contributed by atoms with Crippen LogP contribution in [0.3, 0.4) is 0 Å². The summed E-state index contributed by atoms with van der Waals surface area (Å²) in [6.45, 7) is 0. The Kier molecular flexibility index (Phi) is 4.45. The van der Waals surface area contributed by atoms with Crippen molar-refractivity contribution >= 4 is 11.6 Å². The average Bonchev–Trinajstić information content (AvgIpc) is 2.27. The summed E-state index contributed by atoms with van der Waals surface area (Å²) in [4.78, 5) is 0. The van der Waals surface area contributed by atoms with E-state index in [1.807, 2.05) is 0 Å². The molecule has 0 saturated heterocycles. The fourth-order valence-corrected chi connectivity index (χ4v) is 1.35. The summed E-state index contributed by atoms with van der Waals surface area (Å²) in [5.41, 5.74) is 0.0503. The number of aliphatic hydroxyl groups excluding tert-OH is 2. The Morgan fingerprint density at radius 1 is 1.20 bits per heavy atom. The first-order valence-corrected chi connectivity index (χ1v) is 4.89. The molecule has 0 spiro atoms. The zero-order valence-electron chi connectivity index (χ0n) is 7.78. The van der Waals surface area contributed by atoms with Crippen molar-refractivity contribution in [3.05, 3.63) is 35.4 Å². The lowest BCUT2D eigenvalue weighted by atomic mass is 10.0. The minimum atomic E-state index is -2.59. The topological polar surface area (TPSA) is 40.5 Å². The third kappa shape index (κ3) is 3.12. The van der Waals surface area contributed by atoms with Crippen LogP contribution in [0.15, 0.2) is 24.3 Å². The third-order valence-electron chi connectivity index (χ3n) is 2.03. The van der Waals surface area contributed by atoms with Crippen LogP contribution >= 0.6 is 11.6 Å². The van der Waals surface area contributed by atoms with Gasteiger partial charge in [0.05, 0.1) is 12.0 Å². The first kappa shape index (κ1) is 12.4. The maximum absolute atomic E-state index is 12.3. The Labute approximate surface area is 91.1 Å². The molecule has 0 heterocycles. The quantitative estimate of drug-likeness (QED) is 0.788. The molecule has 2 nitrogen and oxygen atoms in total. The van der Waals surface area contributed by atoms with Crippen LogP contribution < -0.4 is 0 Å². The first-order chi connectivity index (χ1) is 7.06. The lowest BCUT2D eigenvalue weighted by Crippen LogP contribution is -2.19. The summed E-state index contributed by atoms with van der Waals surface area (Å²) >= 11 is 5.34. The van der Waals surface area contributed by atoms with Gasteiger partial charge in [0.1, 0.15) is 6.10 Å². The maximum atomic E-state index is 12.3. The molecule has 0 bridgehead atoms. The van der Waals surface area contributed by atoms with E-state index in [1.54, 1.807) is 0 Å². The smallest absolute Gasteiger partial charge is 0.263 e. The zero-order chi connectivity index (χ0) is 11.4. The van der Waals surface area contributed by atoms with E-state index in [9.17, 15) is 19.0 Å². The van der Waals surface area contributed by atoms with Gasteiger partial charge in [-0.25, -0.2) is 8.78 Å². The Morgan fingerprint density at radius 2 is 1.80 bits per heavy atom. The summed E-state index contributed by atoms with van der Waals surface area (Å²) in [5, 5.41) is 18.8. The summed E-state index contributed by atoms with van der Waals surface area (Å²) in [6.07, 6.45) is -4.98. The molecule has 1 rings (SSSR count). The molecule has 84 valence electrons. The average molecular weight is 237 g/mol. The minimum Gasteiger partial charge on any atom is -0.389 e. The van der Waals surface area contributed by atoms with Gasteiger partial charge < -0.3 is 10.2 Å². The number of alkyl halides is 3. The molecule has 0 fully saturated rings. The number of hydrogen-bond acceptors (Lipinski definition) is 2. The van der Waals surface area contributed by atoms with Crippen molar-refractivity contribution < 1.29 is 19.0 Å². The number of benzene rings is 1. The lowest BCUT2D eigenvalue weighted by Gasteiger charge is -2.16. The van der Waals surface area contributed by atoms with Crippen molar-refractivity contribution in [1.29, 1.82) is 0 Å². The van der Waals surface area contributed by atoms with Crippen molar-refractivity contribution in [2.75, 3.05) is 5.88 Å². The molecule has 5 heteroatoms. The highest BCUT2D eigenvalue weighted by atomic mass is 35.5. The molecule has 0 aliphatic heterocycles. The second-order valence-electron chi connectivity index (χ2n) is 3.14. The molecule has 2 unspecified atom stereocenters. The Balaban J connectivity index is 2.90. The van der Waals surface area contributed by atoms with Gasteiger partial charge in [0.25, 0.3) is 6.43 Å². The van der Waals surface area contributed by atoms with Crippen molar-refractivity contribution in [2.45, 2.75) is 18.6 Å².